The Balaban J connectivity index is 1.64. The molecule has 1 aliphatic rings. The summed E-state index contributed by atoms with van der Waals surface area (Å²) in [5, 5.41) is 15.3. The number of nitrogens with one attached hydrogen (secondary N) is 1. The Morgan fingerprint density at radius 1 is 1.45 bits per heavy atom. The highest BCUT2D eigenvalue weighted by molar-refractivity contribution is 5.85. The lowest BCUT2D eigenvalue weighted by atomic mass is 9.77. The second-order valence-electron chi connectivity index (χ2n) is 6.28. The maximum absolute atomic E-state index is 8.73. The van der Waals surface area contributed by atoms with Gasteiger partial charge in [-0.05, 0) is 36.9 Å². The van der Waals surface area contributed by atoms with Crippen LogP contribution in [0.3, 0.4) is 0 Å². The lowest BCUT2D eigenvalue weighted by molar-refractivity contribution is 0.304. The van der Waals surface area contributed by atoms with Crippen molar-refractivity contribution in [3.8, 4) is 0 Å². The van der Waals surface area contributed by atoms with Crippen LogP contribution >= 0.6 is 0 Å². The lowest BCUT2D eigenvalue weighted by Crippen LogP contribution is -2.33. The number of hydrogen-bond donors (Lipinski definition) is 3. The molecule has 1 unspecified atom stereocenters. The summed E-state index contributed by atoms with van der Waals surface area (Å²) in [5.41, 5.74) is 8.43. The molecule has 0 saturated heterocycles. The fraction of sp³-hybridized carbons (Fsp3) is 0.562. The van der Waals surface area contributed by atoms with Crippen LogP contribution in [0.2, 0.25) is 0 Å². The number of fused-ring (bicyclic) bond motifs is 1. The summed E-state index contributed by atoms with van der Waals surface area (Å²) in [4.78, 5) is 0. The van der Waals surface area contributed by atoms with E-state index < -0.39 is 0 Å². The van der Waals surface area contributed by atoms with Gasteiger partial charge in [-0.1, -0.05) is 43.3 Å². The molecule has 0 saturated carbocycles. The molecule has 0 bridgehead atoms. The van der Waals surface area contributed by atoms with Gasteiger partial charge in [0.15, 0.2) is 0 Å². The van der Waals surface area contributed by atoms with E-state index in [4.69, 9.17) is 10.9 Å². The highest BCUT2D eigenvalue weighted by Crippen LogP contribution is 2.34. The zero-order chi connectivity index (χ0) is 14.6. The van der Waals surface area contributed by atoms with Crippen LogP contribution in [0.5, 0.6) is 0 Å². The lowest BCUT2D eigenvalue weighted by Gasteiger charge is -2.30. The van der Waals surface area contributed by atoms with E-state index >= 15 is 0 Å². The van der Waals surface area contributed by atoms with E-state index in [1.807, 2.05) is 13.8 Å². The van der Waals surface area contributed by atoms with Crippen molar-refractivity contribution in [2.24, 2.45) is 16.3 Å². The number of benzene rings is 1. The number of hydrogen-bond acceptors (Lipinski definition) is 3. The standard InChI is InChI=1S/C16H25N3O/c1-16(2,15(17)19-20)8-5-9-18-11-13-10-12-6-3-4-7-14(12)13/h3-4,6-7,13,18,20H,5,8-11H2,1-2H3,(H2,17,19). The molecule has 20 heavy (non-hydrogen) atoms. The summed E-state index contributed by atoms with van der Waals surface area (Å²) in [6.45, 7) is 6.02. The number of oxime groups is 1. The van der Waals surface area contributed by atoms with Crippen LogP contribution in [-0.2, 0) is 6.42 Å². The van der Waals surface area contributed by atoms with Crippen molar-refractivity contribution >= 4 is 5.84 Å². The van der Waals surface area contributed by atoms with Gasteiger partial charge in [-0.3, -0.25) is 0 Å². The summed E-state index contributed by atoms with van der Waals surface area (Å²) < 4.78 is 0. The first-order valence-electron chi connectivity index (χ1n) is 7.31. The maximum Gasteiger partial charge on any atom is 0.144 e. The molecule has 0 aliphatic heterocycles. The molecular weight excluding hydrogens is 250 g/mol. The molecule has 0 amide bonds. The van der Waals surface area contributed by atoms with Crippen molar-refractivity contribution in [1.82, 2.24) is 5.32 Å². The van der Waals surface area contributed by atoms with Gasteiger partial charge in [-0.15, -0.1) is 0 Å². The van der Waals surface area contributed by atoms with Crippen molar-refractivity contribution in [3.63, 3.8) is 0 Å². The average molecular weight is 275 g/mol. The zero-order valence-electron chi connectivity index (χ0n) is 12.4. The van der Waals surface area contributed by atoms with Crippen molar-refractivity contribution in [2.45, 2.75) is 39.0 Å². The molecule has 1 atom stereocenters. The number of nitrogens with zero attached hydrogens (tertiary/aromatic N) is 1. The van der Waals surface area contributed by atoms with Gasteiger partial charge in [-0.25, -0.2) is 0 Å². The fourth-order valence-corrected chi connectivity index (χ4v) is 2.74. The minimum absolute atomic E-state index is 0.237. The van der Waals surface area contributed by atoms with Crippen molar-refractivity contribution < 1.29 is 5.21 Å². The van der Waals surface area contributed by atoms with Gasteiger partial charge in [0.05, 0.1) is 0 Å². The summed E-state index contributed by atoms with van der Waals surface area (Å²) in [7, 11) is 0. The van der Waals surface area contributed by atoms with Crippen LogP contribution in [0.4, 0.5) is 0 Å². The molecule has 0 radical (unpaired) electrons. The summed E-state index contributed by atoms with van der Waals surface area (Å²) in [6.07, 6.45) is 3.13. The van der Waals surface area contributed by atoms with Crippen LogP contribution < -0.4 is 11.1 Å². The highest BCUT2D eigenvalue weighted by atomic mass is 16.4. The molecule has 4 N–H and O–H groups in total. The van der Waals surface area contributed by atoms with Crippen molar-refractivity contribution in [1.29, 1.82) is 0 Å². The van der Waals surface area contributed by atoms with E-state index in [1.54, 1.807) is 0 Å². The van der Waals surface area contributed by atoms with E-state index in [0.717, 1.165) is 25.9 Å². The molecule has 4 heteroatoms. The Morgan fingerprint density at radius 2 is 2.20 bits per heavy atom. The van der Waals surface area contributed by atoms with Crippen LogP contribution in [-0.4, -0.2) is 24.1 Å². The van der Waals surface area contributed by atoms with Crippen LogP contribution in [0.25, 0.3) is 0 Å². The summed E-state index contributed by atoms with van der Waals surface area (Å²) >= 11 is 0. The highest BCUT2D eigenvalue weighted by Gasteiger charge is 2.25. The average Bonchev–Trinajstić information content (AvgIpc) is 2.42. The first-order chi connectivity index (χ1) is 9.54. The molecule has 0 spiro atoms. The Kier molecular flexibility index (Phi) is 4.65. The summed E-state index contributed by atoms with van der Waals surface area (Å²) in [5.74, 6) is 0.980. The first kappa shape index (κ1) is 14.9. The van der Waals surface area contributed by atoms with E-state index in [0.29, 0.717) is 11.8 Å². The third kappa shape index (κ3) is 3.31. The molecule has 1 aliphatic carbocycles. The van der Waals surface area contributed by atoms with Crippen molar-refractivity contribution in [3.05, 3.63) is 35.4 Å². The van der Waals surface area contributed by atoms with Gasteiger partial charge in [0, 0.05) is 17.9 Å². The molecule has 2 rings (SSSR count). The molecule has 4 nitrogen and oxygen atoms in total. The van der Waals surface area contributed by atoms with Gasteiger partial charge in [0.2, 0.25) is 0 Å². The van der Waals surface area contributed by atoms with Crippen LogP contribution in [0.1, 0.15) is 43.7 Å². The van der Waals surface area contributed by atoms with E-state index in [2.05, 4.69) is 34.7 Å². The molecule has 1 aromatic rings. The van der Waals surface area contributed by atoms with Crippen LogP contribution in [0, 0.1) is 5.41 Å². The number of amidine groups is 1. The van der Waals surface area contributed by atoms with E-state index in [9.17, 15) is 0 Å². The van der Waals surface area contributed by atoms with E-state index in [1.165, 1.54) is 17.5 Å². The third-order valence-corrected chi connectivity index (χ3v) is 4.31. The largest absolute Gasteiger partial charge is 0.409 e. The SMILES string of the molecule is CC(C)(CCCNCC1Cc2ccccc21)C(N)=NO. The molecule has 0 heterocycles. The van der Waals surface area contributed by atoms with Gasteiger partial charge in [0.25, 0.3) is 0 Å². The van der Waals surface area contributed by atoms with Gasteiger partial charge in [-0.2, -0.15) is 0 Å². The Bertz CT molecular complexity index is 482. The normalized spacial score (nSPS) is 18.5. The monoisotopic (exact) mass is 275 g/mol. The van der Waals surface area contributed by atoms with Gasteiger partial charge in [0.1, 0.15) is 5.84 Å². The number of nitrogens with two attached hydrogens (primary N) is 1. The minimum Gasteiger partial charge on any atom is -0.409 e. The Hall–Kier alpha value is -1.55. The summed E-state index contributed by atoms with van der Waals surface area (Å²) in [6, 6.07) is 8.67. The Morgan fingerprint density at radius 3 is 2.90 bits per heavy atom. The Labute approximate surface area is 121 Å². The van der Waals surface area contributed by atoms with Crippen LogP contribution in [0.15, 0.2) is 29.4 Å². The third-order valence-electron chi connectivity index (χ3n) is 4.31. The fourth-order valence-electron chi connectivity index (χ4n) is 2.74. The molecule has 1 aromatic carbocycles. The topological polar surface area (TPSA) is 70.6 Å². The predicted molar refractivity (Wildman–Crippen MR) is 82.2 cm³/mol. The van der Waals surface area contributed by atoms with Gasteiger partial charge >= 0.3 is 0 Å². The minimum atomic E-state index is -0.237. The molecular formula is C16H25N3O. The quantitative estimate of drug-likeness (QED) is 0.235. The molecule has 0 aromatic heterocycles. The van der Waals surface area contributed by atoms with E-state index in [-0.39, 0.29) is 5.41 Å². The first-order valence-corrected chi connectivity index (χ1v) is 7.31. The maximum atomic E-state index is 8.73. The zero-order valence-corrected chi connectivity index (χ0v) is 12.4. The smallest absolute Gasteiger partial charge is 0.144 e. The second kappa shape index (κ2) is 6.27. The predicted octanol–water partition coefficient (Wildman–Crippen LogP) is 2.47. The van der Waals surface area contributed by atoms with Crippen molar-refractivity contribution in [2.75, 3.05) is 13.1 Å². The second-order valence-corrected chi connectivity index (χ2v) is 6.28. The molecule has 0 fully saturated rings. The molecule has 110 valence electrons. The van der Waals surface area contributed by atoms with Gasteiger partial charge < -0.3 is 16.3 Å². The number of rotatable bonds is 7.